The summed E-state index contributed by atoms with van der Waals surface area (Å²) in [5.41, 5.74) is -3.07. The van der Waals surface area contributed by atoms with Crippen LogP contribution in [-0.4, -0.2) is 17.7 Å². The minimum atomic E-state index is -4.60. The van der Waals surface area contributed by atoms with Crippen LogP contribution in [0.5, 0.6) is 0 Å². The Morgan fingerprint density at radius 2 is 1.33 bits per heavy atom. The predicted molar refractivity (Wildman–Crippen MR) is 89.5 cm³/mol. The van der Waals surface area contributed by atoms with E-state index < -0.39 is 23.2 Å². The largest absolute Gasteiger partial charge is 0.459 e. The zero-order valence-corrected chi connectivity index (χ0v) is 16.1. The van der Waals surface area contributed by atoms with E-state index in [1.54, 1.807) is 13.8 Å². The standard InChI is InChI=1S/C19H33F3O2/c1-8-18(7,19(20,21)22)15(23)24-17(5,6)14-11-9-13(10-12-14)16(2,3)4/h13-14H,8-12H2,1-7H3. The van der Waals surface area contributed by atoms with Gasteiger partial charge in [0.1, 0.15) is 5.60 Å². The maximum absolute atomic E-state index is 13.3. The lowest BCUT2D eigenvalue weighted by molar-refractivity contribution is -0.239. The summed E-state index contributed by atoms with van der Waals surface area (Å²) in [5, 5.41) is 0. The van der Waals surface area contributed by atoms with Crippen LogP contribution in [0.4, 0.5) is 13.2 Å². The highest BCUT2D eigenvalue weighted by atomic mass is 19.4. The molecule has 1 fully saturated rings. The number of carbonyl (C=O) groups is 1. The summed E-state index contributed by atoms with van der Waals surface area (Å²) in [5.74, 6) is -0.439. The first kappa shape index (κ1) is 21.3. The molecule has 0 aromatic carbocycles. The molecule has 2 nitrogen and oxygen atoms in total. The Balaban J connectivity index is 2.79. The second kappa shape index (κ2) is 6.87. The Hall–Kier alpha value is -0.740. The summed E-state index contributed by atoms with van der Waals surface area (Å²) < 4.78 is 45.2. The molecule has 1 aliphatic carbocycles. The second-order valence-corrected chi connectivity index (χ2v) is 9.09. The number of carbonyl (C=O) groups excluding carboxylic acids is 1. The SMILES string of the molecule is CCC(C)(C(=O)OC(C)(C)C1CCC(C(C)(C)C)CC1)C(F)(F)F. The smallest absolute Gasteiger partial charge is 0.404 e. The van der Waals surface area contributed by atoms with Gasteiger partial charge in [-0.3, -0.25) is 4.79 Å². The predicted octanol–water partition coefficient (Wildman–Crippen LogP) is 6.14. The van der Waals surface area contributed by atoms with Gasteiger partial charge in [0, 0.05) is 0 Å². The Morgan fingerprint density at radius 1 is 0.917 bits per heavy atom. The third-order valence-electron chi connectivity index (χ3n) is 6.07. The van der Waals surface area contributed by atoms with Gasteiger partial charge in [-0.2, -0.15) is 13.2 Å². The molecule has 0 amide bonds. The first-order valence-electron chi connectivity index (χ1n) is 8.95. The lowest BCUT2D eigenvalue weighted by Crippen LogP contribution is -2.48. The van der Waals surface area contributed by atoms with Gasteiger partial charge >= 0.3 is 12.1 Å². The summed E-state index contributed by atoms with van der Waals surface area (Å²) >= 11 is 0. The van der Waals surface area contributed by atoms with Gasteiger partial charge in [0.2, 0.25) is 0 Å². The van der Waals surface area contributed by atoms with Gasteiger partial charge in [-0.05, 0) is 70.1 Å². The van der Waals surface area contributed by atoms with Crippen LogP contribution in [0.1, 0.15) is 80.6 Å². The fraction of sp³-hybridized carbons (Fsp3) is 0.947. The van der Waals surface area contributed by atoms with E-state index in [9.17, 15) is 18.0 Å². The molecule has 1 rings (SSSR count). The van der Waals surface area contributed by atoms with Crippen molar-refractivity contribution >= 4 is 5.97 Å². The van der Waals surface area contributed by atoms with E-state index in [0.29, 0.717) is 5.92 Å². The highest BCUT2D eigenvalue weighted by Gasteiger charge is 2.57. The number of halogens is 3. The topological polar surface area (TPSA) is 26.3 Å². The molecule has 5 heteroatoms. The van der Waals surface area contributed by atoms with Crippen LogP contribution in [-0.2, 0) is 9.53 Å². The molecular weight excluding hydrogens is 317 g/mol. The van der Waals surface area contributed by atoms with Crippen LogP contribution in [0.15, 0.2) is 0 Å². The Labute approximate surface area is 144 Å². The molecule has 0 spiro atoms. The summed E-state index contributed by atoms with van der Waals surface area (Å²) in [7, 11) is 0. The molecule has 1 aliphatic rings. The first-order valence-corrected chi connectivity index (χ1v) is 8.95. The lowest BCUT2D eigenvalue weighted by Gasteiger charge is -2.43. The van der Waals surface area contributed by atoms with Crippen molar-refractivity contribution in [1.82, 2.24) is 0 Å². The van der Waals surface area contributed by atoms with Crippen molar-refractivity contribution in [1.29, 1.82) is 0 Å². The normalized spacial score (nSPS) is 25.9. The molecule has 24 heavy (non-hydrogen) atoms. The van der Waals surface area contributed by atoms with E-state index in [2.05, 4.69) is 20.8 Å². The van der Waals surface area contributed by atoms with E-state index in [4.69, 9.17) is 4.74 Å². The van der Waals surface area contributed by atoms with Gasteiger partial charge in [-0.1, -0.05) is 27.7 Å². The molecule has 142 valence electrons. The molecule has 1 atom stereocenters. The average molecular weight is 350 g/mol. The van der Waals surface area contributed by atoms with Gasteiger partial charge < -0.3 is 4.74 Å². The molecule has 0 N–H and O–H groups in total. The van der Waals surface area contributed by atoms with Crippen LogP contribution in [0.25, 0.3) is 0 Å². The zero-order valence-electron chi connectivity index (χ0n) is 16.1. The van der Waals surface area contributed by atoms with Crippen LogP contribution in [0.3, 0.4) is 0 Å². The summed E-state index contributed by atoms with van der Waals surface area (Å²) in [6.45, 7) is 12.5. The quantitative estimate of drug-likeness (QED) is 0.569. The van der Waals surface area contributed by atoms with Crippen molar-refractivity contribution in [2.45, 2.75) is 92.3 Å². The third kappa shape index (κ3) is 4.45. The Kier molecular flexibility index (Phi) is 6.10. The fourth-order valence-electron chi connectivity index (χ4n) is 3.55. The van der Waals surface area contributed by atoms with Crippen molar-refractivity contribution in [2.24, 2.45) is 22.7 Å². The number of esters is 1. The van der Waals surface area contributed by atoms with Gasteiger partial charge in [-0.25, -0.2) is 0 Å². The number of ether oxygens (including phenoxy) is 1. The Morgan fingerprint density at radius 3 is 1.67 bits per heavy atom. The highest BCUT2D eigenvalue weighted by molar-refractivity contribution is 5.77. The Bertz CT molecular complexity index is 441. The monoisotopic (exact) mass is 350 g/mol. The molecule has 0 aliphatic heterocycles. The number of rotatable bonds is 4. The van der Waals surface area contributed by atoms with Gasteiger partial charge in [0.25, 0.3) is 0 Å². The minimum absolute atomic E-state index is 0.106. The van der Waals surface area contributed by atoms with Crippen LogP contribution >= 0.6 is 0 Å². The third-order valence-corrected chi connectivity index (χ3v) is 6.07. The van der Waals surface area contributed by atoms with Crippen LogP contribution in [0.2, 0.25) is 0 Å². The second-order valence-electron chi connectivity index (χ2n) is 9.09. The highest BCUT2D eigenvalue weighted by Crippen LogP contribution is 2.46. The van der Waals surface area contributed by atoms with Crippen molar-refractivity contribution in [3.8, 4) is 0 Å². The van der Waals surface area contributed by atoms with Crippen LogP contribution < -0.4 is 0 Å². The van der Waals surface area contributed by atoms with Crippen molar-refractivity contribution in [3.05, 3.63) is 0 Å². The van der Waals surface area contributed by atoms with Crippen molar-refractivity contribution < 1.29 is 22.7 Å². The first-order chi connectivity index (χ1) is 10.6. The van der Waals surface area contributed by atoms with E-state index >= 15 is 0 Å². The summed E-state index contributed by atoms with van der Waals surface area (Å²) in [4.78, 5) is 12.3. The molecule has 1 saturated carbocycles. The molecule has 0 radical (unpaired) electrons. The van der Waals surface area contributed by atoms with Crippen molar-refractivity contribution in [2.75, 3.05) is 0 Å². The molecule has 0 heterocycles. The molecule has 0 aromatic rings. The number of hydrogen-bond donors (Lipinski definition) is 0. The van der Waals surface area contributed by atoms with E-state index in [0.717, 1.165) is 32.6 Å². The minimum Gasteiger partial charge on any atom is -0.459 e. The number of hydrogen-bond acceptors (Lipinski definition) is 2. The van der Waals surface area contributed by atoms with Gasteiger partial charge in [-0.15, -0.1) is 0 Å². The average Bonchev–Trinajstić information content (AvgIpc) is 2.43. The molecule has 1 unspecified atom stereocenters. The molecule has 0 bridgehead atoms. The van der Waals surface area contributed by atoms with E-state index in [-0.39, 0.29) is 17.8 Å². The molecule has 0 saturated heterocycles. The summed E-state index contributed by atoms with van der Waals surface area (Å²) in [6.07, 6.45) is -1.09. The van der Waals surface area contributed by atoms with Crippen molar-refractivity contribution in [3.63, 3.8) is 0 Å². The zero-order chi connectivity index (χ0) is 19.0. The summed E-state index contributed by atoms with van der Waals surface area (Å²) in [6, 6.07) is 0. The maximum atomic E-state index is 13.3. The van der Waals surface area contributed by atoms with Gasteiger partial charge in [0.15, 0.2) is 5.41 Å². The fourth-order valence-corrected chi connectivity index (χ4v) is 3.55. The van der Waals surface area contributed by atoms with Gasteiger partial charge in [0.05, 0.1) is 0 Å². The lowest BCUT2D eigenvalue weighted by atomic mass is 9.67. The van der Waals surface area contributed by atoms with E-state index in [1.807, 2.05) is 0 Å². The van der Waals surface area contributed by atoms with Crippen LogP contribution in [0, 0.1) is 22.7 Å². The number of alkyl halides is 3. The van der Waals surface area contributed by atoms with E-state index in [1.165, 1.54) is 6.92 Å². The molecular formula is C19H33F3O2. The molecule has 0 aromatic heterocycles. The maximum Gasteiger partial charge on any atom is 0.404 e.